The van der Waals surface area contributed by atoms with Gasteiger partial charge in [-0.2, -0.15) is 0 Å². The summed E-state index contributed by atoms with van der Waals surface area (Å²) in [7, 11) is 0. The van der Waals surface area contributed by atoms with Crippen LogP contribution in [0.3, 0.4) is 0 Å². The Kier molecular flexibility index (Phi) is 4.35. The second-order valence-electron chi connectivity index (χ2n) is 7.95. The molecule has 1 amide bonds. The van der Waals surface area contributed by atoms with E-state index in [0.29, 0.717) is 19.0 Å². The van der Waals surface area contributed by atoms with Crippen molar-refractivity contribution in [3.8, 4) is 0 Å². The van der Waals surface area contributed by atoms with E-state index in [4.69, 9.17) is 0 Å². The van der Waals surface area contributed by atoms with Crippen molar-refractivity contribution in [1.29, 1.82) is 0 Å². The molecule has 0 radical (unpaired) electrons. The van der Waals surface area contributed by atoms with Crippen LogP contribution in [0, 0.1) is 12.7 Å². The largest absolute Gasteiger partial charge is 0.358 e. The molecule has 4 heteroatoms. The SMILES string of the molecule is Cc1[nH]c2ccc(F)cc2c1C1CCN(C(=O)c2cccc3ccccc23)CC1. The van der Waals surface area contributed by atoms with Crippen molar-refractivity contribution in [3.05, 3.63) is 83.3 Å². The predicted octanol–water partition coefficient (Wildman–Crippen LogP) is 5.79. The lowest BCUT2D eigenvalue weighted by molar-refractivity contribution is 0.0715. The normalized spacial score (nSPS) is 15.3. The van der Waals surface area contributed by atoms with Crippen LogP contribution >= 0.6 is 0 Å². The summed E-state index contributed by atoms with van der Waals surface area (Å²) in [6, 6.07) is 18.9. The molecule has 1 aliphatic rings. The summed E-state index contributed by atoms with van der Waals surface area (Å²) in [4.78, 5) is 18.5. The maximum atomic E-state index is 13.8. The fourth-order valence-electron chi connectivity index (χ4n) is 4.80. The van der Waals surface area contributed by atoms with E-state index in [1.165, 1.54) is 11.6 Å². The first-order valence-corrected chi connectivity index (χ1v) is 10.2. The van der Waals surface area contributed by atoms with Crippen LogP contribution in [-0.2, 0) is 0 Å². The number of aromatic amines is 1. The van der Waals surface area contributed by atoms with Crippen molar-refractivity contribution >= 4 is 27.6 Å². The molecule has 2 heterocycles. The van der Waals surface area contributed by atoms with Gasteiger partial charge in [0.05, 0.1) is 0 Å². The highest BCUT2D eigenvalue weighted by atomic mass is 19.1. The number of aryl methyl sites for hydroxylation is 1. The van der Waals surface area contributed by atoms with Gasteiger partial charge in [-0.05, 0) is 66.3 Å². The molecule has 0 unspecified atom stereocenters. The van der Waals surface area contributed by atoms with Gasteiger partial charge in [-0.1, -0.05) is 36.4 Å². The molecular formula is C25H23FN2O. The van der Waals surface area contributed by atoms with E-state index in [-0.39, 0.29) is 11.7 Å². The Morgan fingerprint density at radius 2 is 1.76 bits per heavy atom. The Morgan fingerprint density at radius 3 is 2.59 bits per heavy atom. The smallest absolute Gasteiger partial charge is 0.254 e. The van der Waals surface area contributed by atoms with Crippen molar-refractivity contribution in [2.75, 3.05) is 13.1 Å². The van der Waals surface area contributed by atoms with Crippen LogP contribution in [0.4, 0.5) is 4.39 Å². The molecule has 0 bridgehead atoms. The number of amides is 1. The number of likely N-dealkylation sites (tertiary alicyclic amines) is 1. The number of hydrogen-bond donors (Lipinski definition) is 1. The van der Waals surface area contributed by atoms with Crippen molar-refractivity contribution in [2.45, 2.75) is 25.7 Å². The molecule has 1 N–H and O–H groups in total. The van der Waals surface area contributed by atoms with E-state index >= 15 is 0 Å². The summed E-state index contributed by atoms with van der Waals surface area (Å²) in [6.45, 7) is 3.49. The van der Waals surface area contributed by atoms with Crippen LogP contribution in [0.25, 0.3) is 21.7 Å². The topological polar surface area (TPSA) is 36.1 Å². The van der Waals surface area contributed by atoms with Gasteiger partial charge in [-0.25, -0.2) is 4.39 Å². The van der Waals surface area contributed by atoms with Gasteiger partial charge in [-0.3, -0.25) is 4.79 Å². The van der Waals surface area contributed by atoms with Crippen molar-refractivity contribution in [3.63, 3.8) is 0 Å². The Balaban J connectivity index is 1.39. The highest BCUT2D eigenvalue weighted by Gasteiger charge is 2.28. The summed E-state index contributed by atoms with van der Waals surface area (Å²) in [5.41, 5.74) is 4.06. The Labute approximate surface area is 169 Å². The maximum Gasteiger partial charge on any atom is 0.254 e. The lowest BCUT2D eigenvalue weighted by atomic mass is 9.87. The van der Waals surface area contributed by atoms with E-state index in [2.05, 4.69) is 11.9 Å². The first-order valence-electron chi connectivity index (χ1n) is 10.2. The molecule has 0 spiro atoms. The van der Waals surface area contributed by atoms with Crippen molar-refractivity contribution in [2.24, 2.45) is 0 Å². The maximum absolute atomic E-state index is 13.8. The van der Waals surface area contributed by atoms with Crippen LogP contribution in [-0.4, -0.2) is 28.9 Å². The third-order valence-corrected chi connectivity index (χ3v) is 6.21. The summed E-state index contributed by atoms with van der Waals surface area (Å²) in [6.07, 6.45) is 1.78. The van der Waals surface area contributed by atoms with Crippen LogP contribution < -0.4 is 0 Å². The summed E-state index contributed by atoms with van der Waals surface area (Å²) < 4.78 is 13.8. The molecule has 0 atom stereocenters. The number of hydrogen-bond acceptors (Lipinski definition) is 1. The summed E-state index contributed by atoms with van der Waals surface area (Å²) >= 11 is 0. The van der Waals surface area contributed by atoms with E-state index < -0.39 is 0 Å². The number of carbonyl (C=O) groups is 1. The number of halogens is 1. The highest BCUT2D eigenvalue weighted by molar-refractivity contribution is 6.07. The molecule has 29 heavy (non-hydrogen) atoms. The van der Waals surface area contributed by atoms with E-state index in [1.807, 2.05) is 47.4 Å². The van der Waals surface area contributed by atoms with Gasteiger partial charge in [0.1, 0.15) is 5.82 Å². The van der Waals surface area contributed by atoms with Gasteiger partial charge in [0.2, 0.25) is 0 Å². The second kappa shape index (κ2) is 7.03. The third kappa shape index (κ3) is 3.09. The van der Waals surface area contributed by atoms with Gasteiger partial charge in [0.15, 0.2) is 0 Å². The van der Waals surface area contributed by atoms with E-state index in [9.17, 15) is 9.18 Å². The van der Waals surface area contributed by atoms with Crippen LogP contribution in [0.5, 0.6) is 0 Å². The highest BCUT2D eigenvalue weighted by Crippen LogP contribution is 2.36. The molecule has 1 aromatic heterocycles. The Bertz CT molecular complexity index is 1210. The Hall–Kier alpha value is -3.14. The van der Waals surface area contributed by atoms with Gasteiger partial charge in [-0.15, -0.1) is 0 Å². The van der Waals surface area contributed by atoms with E-state index in [0.717, 1.165) is 45.8 Å². The number of piperidine rings is 1. The number of aromatic nitrogens is 1. The zero-order valence-corrected chi connectivity index (χ0v) is 16.4. The average Bonchev–Trinajstić information content (AvgIpc) is 3.08. The average molecular weight is 386 g/mol. The molecule has 4 aromatic rings. The lowest BCUT2D eigenvalue weighted by Gasteiger charge is -2.32. The number of carbonyl (C=O) groups excluding carboxylic acids is 1. The zero-order valence-electron chi connectivity index (χ0n) is 16.4. The molecular weight excluding hydrogens is 363 g/mol. The van der Waals surface area contributed by atoms with Gasteiger partial charge < -0.3 is 9.88 Å². The number of rotatable bonds is 2. The predicted molar refractivity (Wildman–Crippen MR) is 115 cm³/mol. The fourth-order valence-corrected chi connectivity index (χ4v) is 4.80. The lowest BCUT2D eigenvalue weighted by Crippen LogP contribution is -2.38. The Morgan fingerprint density at radius 1 is 1.00 bits per heavy atom. The molecule has 5 rings (SSSR count). The van der Waals surface area contributed by atoms with Crippen LogP contribution in [0.1, 0.15) is 40.4 Å². The van der Waals surface area contributed by atoms with Crippen LogP contribution in [0.2, 0.25) is 0 Å². The van der Waals surface area contributed by atoms with Crippen LogP contribution in [0.15, 0.2) is 60.7 Å². The van der Waals surface area contributed by atoms with Gasteiger partial charge in [0, 0.05) is 35.2 Å². The van der Waals surface area contributed by atoms with Gasteiger partial charge >= 0.3 is 0 Å². The minimum atomic E-state index is -0.207. The molecule has 0 saturated carbocycles. The summed E-state index contributed by atoms with van der Waals surface area (Å²) in [5.74, 6) is 0.227. The minimum absolute atomic E-state index is 0.0990. The fraction of sp³-hybridized carbons (Fsp3) is 0.240. The number of H-pyrrole nitrogens is 1. The third-order valence-electron chi connectivity index (χ3n) is 6.21. The minimum Gasteiger partial charge on any atom is -0.358 e. The molecule has 1 fully saturated rings. The second-order valence-corrected chi connectivity index (χ2v) is 7.95. The monoisotopic (exact) mass is 386 g/mol. The first kappa shape index (κ1) is 17.9. The number of nitrogens with zero attached hydrogens (tertiary/aromatic N) is 1. The number of benzene rings is 3. The standard InChI is InChI=1S/C25H23FN2O/c1-16-24(22-15-19(26)9-10-23(22)27-16)18-11-13-28(14-12-18)25(29)21-8-4-6-17-5-2-3-7-20(17)21/h2-10,15,18,27H,11-14H2,1H3. The molecule has 3 aromatic carbocycles. The molecule has 146 valence electrons. The first-order chi connectivity index (χ1) is 14.1. The molecule has 1 saturated heterocycles. The molecule has 3 nitrogen and oxygen atoms in total. The van der Waals surface area contributed by atoms with Crippen molar-refractivity contribution in [1.82, 2.24) is 9.88 Å². The zero-order chi connectivity index (χ0) is 20.0. The van der Waals surface area contributed by atoms with Crippen molar-refractivity contribution < 1.29 is 9.18 Å². The quantitative estimate of drug-likeness (QED) is 0.465. The van der Waals surface area contributed by atoms with E-state index in [1.54, 1.807) is 12.1 Å². The number of fused-ring (bicyclic) bond motifs is 2. The molecule has 1 aliphatic heterocycles. The molecule has 0 aliphatic carbocycles. The summed E-state index contributed by atoms with van der Waals surface area (Å²) in [5, 5.41) is 3.07. The van der Waals surface area contributed by atoms with Gasteiger partial charge in [0.25, 0.3) is 5.91 Å². The number of nitrogens with one attached hydrogen (secondary N) is 1.